The third-order valence-electron chi connectivity index (χ3n) is 4.81. The van der Waals surface area contributed by atoms with Crippen LogP contribution in [0.15, 0.2) is 60.7 Å². The number of halogens is 3. The van der Waals surface area contributed by atoms with Gasteiger partial charge in [0.25, 0.3) is 0 Å². The van der Waals surface area contributed by atoms with E-state index < -0.39 is 35.5 Å². The Morgan fingerprint density at radius 1 is 0.844 bits per heavy atom. The first-order valence-corrected chi connectivity index (χ1v) is 9.99. The van der Waals surface area contributed by atoms with Gasteiger partial charge in [-0.05, 0) is 31.9 Å². The Morgan fingerprint density at radius 2 is 1.38 bits per heavy atom. The van der Waals surface area contributed by atoms with Crippen molar-refractivity contribution in [3.63, 3.8) is 0 Å². The summed E-state index contributed by atoms with van der Waals surface area (Å²) in [5.74, 6) is -3.66. The van der Waals surface area contributed by atoms with E-state index >= 15 is 0 Å². The van der Waals surface area contributed by atoms with Gasteiger partial charge < -0.3 is 16.0 Å². The molecule has 172 valence electrons. The van der Waals surface area contributed by atoms with E-state index in [2.05, 4.69) is 10.6 Å². The number of amides is 3. The molecule has 0 aliphatic rings. The molecule has 2 aromatic carbocycles. The smallest absolute Gasteiger partial charge is 0.348 e. The topological polar surface area (TPSA) is 87.3 Å². The minimum atomic E-state index is -5.15. The lowest BCUT2D eigenvalue weighted by Crippen LogP contribution is -2.60. The molecule has 0 saturated heterocycles. The molecule has 9 heteroatoms. The second-order valence-corrected chi connectivity index (χ2v) is 7.93. The van der Waals surface area contributed by atoms with Crippen molar-refractivity contribution in [3.8, 4) is 0 Å². The Bertz CT molecular complexity index is 932. The van der Waals surface area contributed by atoms with E-state index in [1.807, 2.05) is 30.3 Å². The Kier molecular flexibility index (Phi) is 8.02. The van der Waals surface area contributed by atoms with E-state index in [1.165, 1.54) is 13.8 Å². The SMILES string of the molecule is C[C@H](NC(=O)C(C)(C)NC(=O)[C@H](Cc1ccccc1)NC(=O)C(F)(F)F)c1ccccc1. The van der Waals surface area contributed by atoms with Crippen molar-refractivity contribution in [3.05, 3.63) is 71.8 Å². The zero-order chi connectivity index (χ0) is 23.9. The van der Waals surface area contributed by atoms with Crippen LogP contribution >= 0.6 is 0 Å². The summed E-state index contributed by atoms with van der Waals surface area (Å²) in [6.45, 7) is 4.64. The van der Waals surface area contributed by atoms with Crippen molar-refractivity contribution in [2.45, 2.75) is 51.0 Å². The van der Waals surface area contributed by atoms with Crippen LogP contribution in [0.4, 0.5) is 13.2 Å². The molecule has 0 bridgehead atoms. The third kappa shape index (κ3) is 7.11. The molecule has 0 fully saturated rings. The number of benzene rings is 2. The standard InChI is InChI=1S/C23H26F3N3O3/c1-15(17-12-8-5-9-13-17)27-20(31)22(2,3)29-19(30)18(28-21(32)23(24,25)26)14-16-10-6-4-7-11-16/h4-13,15,18H,14H2,1-3H3,(H,27,31)(H,28,32)(H,29,30)/t15-,18-/m0/s1. The molecule has 2 aromatic rings. The first-order valence-electron chi connectivity index (χ1n) is 9.99. The Labute approximate surface area is 184 Å². The van der Waals surface area contributed by atoms with Gasteiger partial charge in [-0.2, -0.15) is 13.2 Å². The molecule has 3 N–H and O–H groups in total. The maximum absolute atomic E-state index is 12.8. The lowest BCUT2D eigenvalue weighted by molar-refractivity contribution is -0.174. The predicted molar refractivity (Wildman–Crippen MR) is 113 cm³/mol. The van der Waals surface area contributed by atoms with Crippen molar-refractivity contribution in [2.75, 3.05) is 0 Å². The highest BCUT2D eigenvalue weighted by Gasteiger charge is 2.41. The summed E-state index contributed by atoms with van der Waals surface area (Å²) in [5, 5.41) is 6.96. The highest BCUT2D eigenvalue weighted by Crippen LogP contribution is 2.17. The number of rotatable bonds is 8. The first kappa shape index (κ1) is 24.9. The molecule has 2 rings (SSSR count). The summed E-state index contributed by atoms with van der Waals surface area (Å²) in [5.41, 5.74) is -0.0460. The molecule has 0 saturated carbocycles. The van der Waals surface area contributed by atoms with Gasteiger partial charge in [-0.15, -0.1) is 0 Å². The Balaban J connectivity index is 2.13. The molecule has 0 spiro atoms. The van der Waals surface area contributed by atoms with E-state index in [1.54, 1.807) is 42.6 Å². The average molecular weight is 449 g/mol. The molecule has 0 radical (unpaired) electrons. The molecule has 2 atom stereocenters. The van der Waals surface area contributed by atoms with Crippen LogP contribution in [0.2, 0.25) is 0 Å². The summed E-state index contributed by atoms with van der Waals surface area (Å²) < 4.78 is 38.3. The van der Waals surface area contributed by atoms with Crippen LogP contribution in [-0.2, 0) is 20.8 Å². The van der Waals surface area contributed by atoms with Crippen molar-refractivity contribution in [1.82, 2.24) is 16.0 Å². The molecule has 32 heavy (non-hydrogen) atoms. The van der Waals surface area contributed by atoms with Crippen LogP contribution in [0.3, 0.4) is 0 Å². The monoisotopic (exact) mass is 449 g/mol. The lowest BCUT2D eigenvalue weighted by Gasteiger charge is -2.29. The van der Waals surface area contributed by atoms with Crippen LogP contribution in [0, 0.1) is 0 Å². The van der Waals surface area contributed by atoms with Crippen molar-refractivity contribution in [1.29, 1.82) is 0 Å². The van der Waals surface area contributed by atoms with Gasteiger partial charge in [0.15, 0.2) is 0 Å². The van der Waals surface area contributed by atoms with Crippen molar-refractivity contribution < 1.29 is 27.6 Å². The molecular formula is C23H26F3N3O3. The van der Waals surface area contributed by atoms with E-state index in [4.69, 9.17) is 0 Å². The minimum Gasteiger partial charge on any atom is -0.348 e. The van der Waals surface area contributed by atoms with Crippen LogP contribution in [0.1, 0.15) is 37.9 Å². The fourth-order valence-electron chi connectivity index (χ4n) is 2.95. The van der Waals surface area contributed by atoms with Gasteiger partial charge in [0.2, 0.25) is 11.8 Å². The van der Waals surface area contributed by atoms with E-state index in [0.717, 1.165) is 5.56 Å². The molecule has 0 aliphatic carbocycles. The third-order valence-corrected chi connectivity index (χ3v) is 4.81. The largest absolute Gasteiger partial charge is 0.471 e. The van der Waals surface area contributed by atoms with Crippen LogP contribution in [0.25, 0.3) is 0 Å². The van der Waals surface area contributed by atoms with Crippen LogP contribution < -0.4 is 16.0 Å². The average Bonchev–Trinajstić information content (AvgIpc) is 2.73. The maximum atomic E-state index is 12.8. The molecule has 6 nitrogen and oxygen atoms in total. The summed E-state index contributed by atoms with van der Waals surface area (Å²) in [6, 6.07) is 15.6. The van der Waals surface area contributed by atoms with Gasteiger partial charge in [-0.25, -0.2) is 0 Å². The molecular weight excluding hydrogens is 423 g/mol. The van der Waals surface area contributed by atoms with Gasteiger partial charge >= 0.3 is 12.1 Å². The zero-order valence-corrected chi connectivity index (χ0v) is 18.0. The zero-order valence-electron chi connectivity index (χ0n) is 18.0. The quantitative estimate of drug-likeness (QED) is 0.579. The number of hydrogen-bond donors (Lipinski definition) is 3. The Hall–Kier alpha value is -3.36. The second kappa shape index (κ2) is 10.3. The molecule has 0 aliphatic heterocycles. The molecule has 0 heterocycles. The first-order chi connectivity index (χ1) is 14.9. The van der Waals surface area contributed by atoms with Gasteiger partial charge in [-0.3, -0.25) is 14.4 Å². The predicted octanol–water partition coefficient (Wildman–Crippen LogP) is 3.05. The van der Waals surface area contributed by atoms with Crippen LogP contribution in [0.5, 0.6) is 0 Å². The van der Waals surface area contributed by atoms with Gasteiger partial charge in [0, 0.05) is 6.42 Å². The van der Waals surface area contributed by atoms with Crippen LogP contribution in [-0.4, -0.2) is 35.5 Å². The maximum Gasteiger partial charge on any atom is 0.471 e. The van der Waals surface area contributed by atoms with E-state index in [9.17, 15) is 27.6 Å². The molecule has 0 aromatic heterocycles. The highest BCUT2D eigenvalue weighted by molar-refractivity contribution is 5.95. The highest BCUT2D eigenvalue weighted by atomic mass is 19.4. The lowest BCUT2D eigenvalue weighted by atomic mass is 9.99. The number of alkyl halides is 3. The summed E-state index contributed by atoms with van der Waals surface area (Å²) in [4.78, 5) is 37.0. The fourth-order valence-corrected chi connectivity index (χ4v) is 2.95. The van der Waals surface area contributed by atoms with E-state index in [-0.39, 0.29) is 12.5 Å². The Morgan fingerprint density at radius 3 is 1.91 bits per heavy atom. The molecule has 0 unspecified atom stereocenters. The summed E-state index contributed by atoms with van der Waals surface area (Å²) >= 11 is 0. The number of nitrogens with one attached hydrogen (secondary N) is 3. The normalized spacial score (nSPS) is 13.6. The van der Waals surface area contributed by atoms with E-state index in [0.29, 0.717) is 5.56 Å². The second-order valence-electron chi connectivity index (χ2n) is 7.93. The number of carbonyl (C=O) groups is 3. The molecule has 3 amide bonds. The van der Waals surface area contributed by atoms with Crippen molar-refractivity contribution in [2.24, 2.45) is 0 Å². The van der Waals surface area contributed by atoms with Crippen molar-refractivity contribution >= 4 is 17.7 Å². The summed E-state index contributed by atoms with van der Waals surface area (Å²) in [7, 11) is 0. The van der Waals surface area contributed by atoms with Gasteiger partial charge in [0.1, 0.15) is 11.6 Å². The number of hydrogen-bond acceptors (Lipinski definition) is 3. The summed E-state index contributed by atoms with van der Waals surface area (Å²) in [6.07, 6.45) is -5.32. The fraction of sp³-hybridized carbons (Fsp3) is 0.348. The number of carbonyl (C=O) groups excluding carboxylic acids is 3. The van der Waals surface area contributed by atoms with Gasteiger partial charge in [-0.1, -0.05) is 60.7 Å². The van der Waals surface area contributed by atoms with Gasteiger partial charge in [0.05, 0.1) is 6.04 Å². The minimum absolute atomic E-state index is 0.174.